The van der Waals surface area contributed by atoms with Gasteiger partial charge in [0.05, 0.1) is 33.7 Å². The number of carbonyl (C=O) groups is 1. The maximum Gasteiger partial charge on any atom is 0.250 e. The molecule has 1 aliphatic carbocycles. The molecule has 4 aromatic carbocycles. The van der Waals surface area contributed by atoms with Crippen LogP contribution >= 0.6 is 0 Å². The topological polar surface area (TPSA) is 123 Å². The molecule has 0 bridgehead atoms. The summed E-state index contributed by atoms with van der Waals surface area (Å²) in [7, 11) is 0. The number of hydrogen-bond acceptors (Lipinski definition) is 4. The summed E-state index contributed by atoms with van der Waals surface area (Å²) in [5.74, 6) is -0.220. The molecule has 2 aromatic heterocycles. The van der Waals surface area contributed by atoms with Crippen LogP contribution in [0.1, 0.15) is 42.5 Å². The van der Waals surface area contributed by atoms with Gasteiger partial charge in [0.15, 0.2) is 0 Å². The van der Waals surface area contributed by atoms with Crippen molar-refractivity contribution < 1.29 is 14.3 Å². The Labute approximate surface area is 230 Å². The summed E-state index contributed by atoms with van der Waals surface area (Å²) in [5.41, 5.74) is 17.2. The minimum Gasteiger partial charge on any atom is -0.398 e. The van der Waals surface area contributed by atoms with Crippen molar-refractivity contribution in [3.63, 3.8) is 0 Å². The highest BCUT2D eigenvalue weighted by atomic mass is 19.1. The van der Waals surface area contributed by atoms with Gasteiger partial charge in [-0.25, -0.2) is 9.37 Å². The van der Waals surface area contributed by atoms with Gasteiger partial charge in [0.25, 0.3) is 5.91 Å². The maximum absolute atomic E-state index is 13.7. The van der Waals surface area contributed by atoms with Crippen molar-refractivity contribution in [2.75, 3.05) is 5.73 Å². The van der Waals surface area contributed by atoms with Gasteiger partial charge in [0, 0.05) is 27.7 Å². The highest BCUT2D eigenvalue weighted by Crippen LogP contribution is 2.38. The van der Waals surface area contributed by atoms with Crippen molar-refractivity contribution in [2.45, 2.75) is 38.2 Å². The van der Waals surface area contributed by atoms with E-state index in [1.807, 2.05) is 42.5 Å². The molecule has 6 N–H and O–H groups in total. The molecule has 6 aromatic rings. The number of H-pyrrole nitrogens is 1. The molecule has 0 spiro atoms. The fraction of sp³-hybridized carbons (Fsp3) is 0.188. The molecule has 1 saturated carbocycles. The number of fused-ring (bicyclic) bond motifs is 4. The molecule has 0 radical (unpaired) electrons. The Kier molecular flexibility index (Phi) is 6.69. The Morgan fingerprint density at radius 2 is 1.73 bits per heavy atom. The first-order valence-electron chi connectivity index (χ1n) is 13.5. The maximum atomic E-state index is 13.7. The number of aromatic nitrogens is 3. The summed E-state index contributed by atoms with van der Waals surface area (Å²) in [6.07, 6.45) is 5.92. The Hall–Kier alpha value is -4.69. The molecule has 40 heavy (non-hydrogen) atoms. The van der Waals surface area contributed by atoms with Crippen LogP contribution in [-0.2, 0) is 0 Å². The Balaban J connectivity index is 0.000000363. The second-order valence-corrected chi connectivity index (χ2v) is 10.2. The van der Waals surface area contributed by atoms with E-state index in [4.69, 9.17) is 21.6 Å². The standard InChI is InChI=1S/C26H18FN5O.C6H12O/c27-14-8-11-20-21(12-14)31-26(30-20)18-5-3-7-23-24(18)17-4-1-2-6-22(17)32(23)15-9-10-16(25(29)33)19(28)13-15;7-6-4-2-1-3-5-6/h1-13H,28H2,(H2,29,33)(H,30,31);6-7H,1-5H2. The molecule has 1 amide bonds. The summed E-state index contributed by atoms with van der Waals surface area (Å²) in [5, 5.41) is 10.9. The monoisotopic (exact) mass is 535 g/mol. The first-order chi connectivity index (χ1) is 19.4. The van der Waals surface area contributed by atoms with Gasteiger partial charge in [-0.05, 0) is 61.4 Å². The number of nitrogens with one attached hydrogen (secondary N) is 1. The van der Waals surface area contributed by atoms with E-state index in [0.29, 0.717) is 22.5 Å². The van der Waals surface area contributed by atoms with Crippen LogP contribution in [-0.4, -0.2) is 31.7 Å². The van der Waals surface area contributed by atoms with Gasteiger partial charge in [-0.3, -0.25) is 4.79 Å². The first-order valence-corrected chi connectivity index (χ1v) is 13.5. The van der Waals surface area contributed by atoms with E-state index in [1.54, 1.807) is 18.2 Å². The quantitative estimate of drug-likeness (QED) is 0.194. The zero-order valence-electron chi connectivity index (χ0n) is 21.9. The van der Waals surface area contributed by atoms with Crippen molar-refractivity contribution >= 4 is 44.4 Å². The SMILES string of the molecule is NC(=O)c1ccc(-n2c3ccccc3c3c(-c4nc5ccc(F)cc5[nH]4)cccc32)cc1N.OC1CCCCC1. The van der Waals surface area contributed by atoms with E-state index in [-0.39, 0.29) is 17.5 Å². The molecule has 7 rings (SSSR count). The number of nitrogens with zero attached hydrogens (tertiary/aromatic N) is 2. The lowest BCUT2D eigenvalue weighted by Crippen LogP contribution is -2.13. The summed E-state index contributed by atoms with van der Waals surface area (Å²) >= 11 is 0. The number of imidazole rings is 1. The molecule has 1 aliphatic rings. The normalized spacial score (nSPS) is 13.9. The lowest BCUT2D eigenvalue weighted by Gasteiger charge is -2.14. The number of amides is 1. The lowest BCUT2D eigenvalue weighted by atomic mass is 9.98. The number of hydrogen-bond donors (Lipinski definition) is 4. The molecule has 1 fully saturated rings. The number of benzene rings is 4. The van der Waals surface area contributed by atoms with E-state index >= 15 is 0 Å². The molecular weight excluding hydrogens is 505 g/mol. The highest BCUT2D eigenvalue weighted by Gasteiger charge is 2.18. The summed E-state index contributed by atoms with van der Waals surface area (Å²) in [4.78, 5) is 19.6. The fourth-order valence-electron chi connectivity index (χ4n) is 5.60. The van der Waals surface area contributed by atoms with Crippen LogP contribution in [0.2, 0.25) is 0 Å². The van der Waals surface area contributed by atoms with Crippen LogP contribution in [0.15, 0.2) is 78.9 Å². The number of rotatable bonds is 3. The number of halogens is 1. The molecule has 8 heteroatoms. The second kappa shape index (κ2) is 10.5. The van der Waals surface area contributed by atoms with Crippen molar-refractivity contribution in [1.82, 2.24) is 14.5 Å². The zero-order chi connectivity index (χ0) is 27.8. The lowest BCUT2D eigenvalue weighted by molar-refractivity contribution is 0.100. The number of nitrogens with two attached hydrogens (primary N) is 2. The molecule has 0 unspecified atom stereocenters. The Bertz CT molecular complexity index is 1870. The number of carbonyl (C=O) groups excluding carboxylic acids is 1. The first kappa shape index (κ1) is 25.6. The highest BCUT2D eigenvalue weighted by molar-refractivity contribution is 6.15. The average molecular weight is 536 g/mol. The number of nitrogen functional groups attached to an aromatic ring is 1. The van der Waals surface area contributed by atoms with E-state index in [1.165, 1.54) is 31.4 Å². The van der Waals surface area contributed by atoms with Crippen molar-refractivity contribution in [3.05, 3.63) is 90.2 Å². The molecular formula is C32H30FN5O2. The van der Waals surface area contributed by atoms with Gasteiger partial charge in [0.2, 0.25) is 0 Å². The summed E-state index contributed by atoms with van der Waals surface area (Å²) in [6, 6.07) is 23.8. The molecule has 0 saturated heterocycles. The smallest absolute Gasteiger partial charge is 0.250 e. The summed E-state index contributed by atoms with van der Waals surface area (Å²) < 4.78 is 15.8. The average Bonchev–Trinajstić information content (AvgIpc) is 3.52. The zero-order valence-corrected chi connectivity index (χ0v) is 21.9. The largest absolute Gasteiger partial charge is 0.398 e. The van der Waals surface area contributed by atoms with E-state index in [0.717, 1.165) is 45.9 Å². The number of anilines is 1. The Morgan fingerprint density at radius 3 is 2.45 bits per heavy atom. The fourth-order valence-corrected chi connectivity index (χ4v) is 5.60. The third-order valence-electron chi connectivity index (χ3n) is 7.53. The molecule has 7 nitrogen and oxygen atoms in total. The van der Waals surface area contributed by atoms with E-state index < -0.39 is 5.91 Å². The van der Waals surface area contributed by atoms with Gasteiger partial charge in [0.1, 0.15) is 11.6 Å². The third kappa shape index (κ3) is 4.67. The van der Waals surface area contributed by atoms with Crippen LogP contribution in [0.5, 0.6) is 0 Å². The number of aliphatic hydroxyl groups is 1. The minimum absolute atomic E-state index is 0.0359. The molecule has 0 atom stereocenters. The van der Waals surface area contributed by atoms with Gasteiger partial charge in [-0.2, -0.15) is 0 Å². The van der Waals surface area contributed by atoms with Gasteiger partial charge < -0.3 is 26.1 Å². The van der Waals surface area contributed by atoms with Crippen LogP contribution in [0.4, 0.5) is 10.1 Å². The second-order valence-electron chi connectivity index (χ2n) is 10.2. The predicted molar refractivity (Wildman–Crippen MR) is 158 cm³/mol. The van der Waals surface area contributed by atoms with Gasteiger partial charge >= 0.3 is 0 Å². The number of aliphatic hydroxyl groups excluding tert-OH is 1. The number of aromatic amines is 1. The number of primary amides is 1. The van der Waals surface area contributed by atoms with Crippen molar-refractivity contribution in [1.29, 1.82) is 0 Å². The van der Waals surface area contributed by atoms with E-state index in [2.05, 4.69) is 15.6 Å². The van der Waals surface area contributed by atoms with E-state index in [9.17, 15) is 9.18 Å². The third-order valence-corrected chi connectivity index (χ3v) is 7.53. The molecule has 202 valence electrons. The number of para-hydroxylation sites is 1. The van der Waals surface area contributed by atoms with Gasteiger partial charge in [-0.15, -0.1) is 0 Å². The summed E-state index contributed by atoms with van der Waals surface area (Å²) in [6.45, 7) is 0. The molecule has 2 heterocycles. The van der Waals surface area contributed by atoms with Crippen molar-refractivity contribution in [3.8, 4) is 17.1 Å². The van der Waals surface area contributed by atoms with Gasteiger partial charge in [-0.1, -0.05) is 49.6 Å². The van der Waals surface area contributed by atoms with Crippen LogP contribution in [0.3, 0.4) is 0 Å². The van der Waals surface area contributed by atoms with Crippen molar-refractivity contribution in [2.24, 2.45) is 5.73 Å². The van der Waals surface area contributed by atoms with Crippen LogP contribution < -0.4 is 11.5 Å². The molecule has 0 aliphatic heterocycles. The van der Waals surface area contributed by atoms with Crippen LogP contribution in [0.25, 0.3) is 49.9 Å². The Morgan fingerprint density at radius 1 is 0.950 bits per heavy atom. The predicted octanol–water partition coefficient (Wildman–Crippen LogP) is 6.46. The minimum atomic E-state index is -0.565. The van der Waals surface area contributed by atoms with Crippen LogP contribution in [0, 0.1) is 5.82 Å².